The van der Waals surface area contributed by atoms with Gasteiger partial charge in [-0.3, -0.25) is 0 Å². The fraction of sp³-hybridized carbons (Fsp3) is 0.364. The summed E-state index contributed by atoms with van der Waals surface area (Å²) in [5.41, 5.74) is 5.42. The van der Waals surface area contributed by atoms with Crippen LogP contribution in [-0.4, -0.2) is 28.3 Å². The molecule has 142 valence electrons. The first kappa shape index (κ1) is 17.7. The highest BCUT2D eigenvalue weighted by atomic mass is 16.5. The van der Waals surface area contributed by atoms with Crippen LogP contribution in [-0.2, 0) is 12.8 Å². The second-order valence-corrected chi connectivity index (χ2v) is 7.19. The van der Waals surface area contributed by atoms with Crippen LogP contribution in [0.3, 0.4) is 0 Å². The Hall–Kier alpha value is -2.66. The minimum Gasteiger partial charge on any atom is -0.504 e. The monoisotopic (exact) mass is 366 g/mol. The van der Waals surface area contributed by atoms with Crippen LogP contribution >= 0.6 is 0 Å². The van der Waals surface area contributed by atoms with Crippen molar-refractivity contribution in [3.05, 3.63) is 53.2 Å². The van der Waals surface area contributed by atoms with Gasteiger partial charge in [-0.05, 0) is 50.3 Å². The quantitative estimate of drug-likeness (QED) is 0.491. The van der Waals surface area contributed by atoms with Gasteiger partial charge in [0.25, 0.3) is 0 Å². The average molecular weight is 366 g/mol. The van der Waals surface area contributed by atoms with Gasteiger partial charge in [-0.1, -0.05) is 18.2 Å². The van der Waals surface area contributed by atoms with Crippen LogP contribution < -0.4 is 10.1 Å². The maximum absolute atomic E-state index is 10.4. The third kappa shape index (κ3) is 3.60. The number of H-pyrrole nitrogens is 1. The molecule has 0 saturated heterocycles. The van der Waals surface area contributed by atoms with Crippen LogP contribution in [0.1, 0.15) is 42.7 Å². The van der Waals surface area contributed by atoms with E-state index >= 15 is 0 Å². The first-order valence-corrected chi connectivity index (χ1v) is 9.63. The van der Waals surface area contributed by atoms with Gasteiger partial charge in [-0.25, -0.2) is 0 Å². The van der Waals surface area contributed by atoms with Gasteiger partial charge in [0.15, 0.2) is 11.5 Å². The molecule has 0 aliphatic heterocycles. The number of anilines is 1. The van der Waals surface area contributed by atoms with E-state index in [2.05, 4.69) is 10.3 Å². The van der Waals surface area contributed by atoms with Gasteiger partial charge in [0.05, 0.1) is 6.10 Å². The number of aromatic amines is 1. The standard InChI is InChI=1S/C22H26N2O3/c1-14(25)15-6-2-4-8-18(15)23-10-11-27-22-13-20-17(12-21(22)26)16-7-3-5-9-19(16)24-20/h2,4,6,8,12-14,23-26H,3,5,7,9-11H2,1H3. The van der Waals surface area contributed by atoms with Crippen molar-refractivity contribution in [2.24, 2.45) is 0 Å². The highest BCUT2D eigenvalue weighted by molar-refractivity contribution is 5.88. The molecular weight excluding hydrogens is 340 g/mol. The Morgan fingerprint density at radius 3 is 2.85 bits per heavy atom. The Morgan fingerprint density at radius 2 is 2.00 bits per heavy atom. The predicted molar refractivity (Wildman–Crippen MR) is 108 cm³/mol. The molecule has 5 nitrogen and oxygen atoms in total. The van der Waals surface area contributed by atoms with E-state index < -0.39 is 6.10 Å². The number of benzene rings is 2. The summed E-state index contributed by atoms with van der Waals surface area (Å²) in [7, 11) is 0. The Morgan fingerprint density at radius 1 is 1.19 bits per heavy atom. The highest BCUT2D eigenvalue weighted by Gasteiger charge is 2.17. The summed E-state index contributed by atoms with van der Waals surface area (Å²) in [6.07, 6.45) is 4.04. The SMILES string of the molecule is CC(O)c1ccccc1NCCOc1cc2[nH]c3c(c2cc1O)CCCC3. The first-order chi connectivity index (χ1) is 13.1. The van der Waals surface area contributed by atoms with Crippen molar-refractivity contribution in [3.63, 3.8) is 0 Å². The van der Waals surface area contributed by atoms with Crippen LogP contribution in [0.4, 0.5) is 5.69 Å². The summed E-state index contributed by atoms with van der Waals surface area (Å²) in [5.74, 6) is 0.672. The van der Waals surface area contributed by atoms with Crippen LogP contribution in [0.15, 0.2) is 36.4 Å². The van der Waals surface area contributed by atoms with Crippen molar-refractivity contribution >= 4 is 16.6 Å². The van der Waals surface area contributed by atoms with Gasteiger partial charge < -0.3 is 25.3 Å². The molecule has 0 spiro atoms. The summed E-state index contributed by atoms with van der Waals surface area (Å²) in [6, 6.07) is 11.4. The van der Waals surface area contributed by atoms with Crippen LogP contribution in [0.2, 0.25) is 0 Å². The largest absolute Gasteiger partial charge is 0.504 e. The van der Waals surface area contributed by atoms with E-state index in [-0.39, 0.29) is 5.75 Å². The van der Waals surface area contributed by atoms with Crippen molar-refractivity contribution in [1.29, 1.82) is 0 Å². The minimum atomic E-state index is -0.528. The van der Waals surface area contributed by atoms with Crippen LogP contribution in [0.5, 0.6) is 11.5 Å². The van der Waals surface area contributed by atoms with Crippen LogP contribution in [0.25, 0.3) is 10.9 Å². The number of aromatic hydroxyl groups is 1. The zero-order valence-corrected chi connectivity index (χ0v) is 15.6. The molecule has 1 aromatic heterocycles. The number of para-hydroxylation sites is 1. The lowest BCUT2D eigenvalue weighted by Crippen LogP contribution is -2.13. The molecule has 1 heterocycles. The fourth-order valence-electron chi connectivity index (χ4n) is 3.91. The normalized spacial score (nSPS) is 14.7. The summed E-state index contributed by atoms with van der Waals surface area (Å²) in [6.45, 7) is 2.73. The summed E-state index contributed by atoms with van der Waals surface area (Å²) in [5, 5.41) is 24.6. The van der Waals surface area contributed by atoms with Crippen molar-refractivity contribution in [1.82, 2.24) is 4.98 Å². The topological polar surface area (TPSA) is 77.5 Å². The molecule has 1 aliphatic carbocycles. The highest BCUT2D eigenvalue weighted by Crippen LogP contribution is 2.36. The molecule has 0 amide bonds. The van der Waals surface area contributed by atoms with E-state index in [1.807, 2.05) is 36.4 Å². The van der Waals surface area contributed by atoms with E-state index in [0.717, 1.165) is 35.0 Å². The number of phenols is 1. The molecule has 0 radical (unpaired) electrons. The number of aryl methyl sites for hydroxylation is 2. The number of rotatable bonds is 6. The molecule has 0 bridgehead atoms. The molecule has 1 atom stereocenters. The number of hydrogen-bond acceptors (Lipinski definition) is 4. The number of ether oxygens (including phenoxy) is 1. The maximum Gasteiger partial charge on any atom is 0.163 e. The van der Waals surface area contributed by atoms with Crippen molar-refractivity contribution in [3.8, 4) is 11.5 Å². The lowest BCUT2D eigenvalue weighted by Gasteiger charge is -2.14. The lowest BCUT2D eigenvalue weighted by atomic mass is 9.95. The second-order valence-electron chi connectivity index (χ2n) is 7.19. The van der Waals surface area contributed by atoms with E-state index in [9.17, 15) is 10.2 Å². The molecule has 0 saturated carbocycles. The smallest absolute Gasteiger partial charge is 0.163 e. The molecule has 5 heteroatoms. The Bertz CT molecular complexity index is 946. The Labute approximate surface area is 159 Å². The van der Waals surface area contributed by atoms with E-state index in [0.29, 0.717) is 18.9 Å². The van der Waals surface area contributed by atoms with Gasteiger partial charge >= 0.3 is 0 Å². The van der Waals surface area contributed by atoms with Gasteiger partial charge in [0.1, 0.15) is 6.61 Å². The zero-order chi connectivity index (χ0) is 18.8. The summed E-state index contributed by atoms with van der Waals surface area (Å²) >= 11 is 0. The number of hydrogen-bond donors (Lipinski definition) is 4. The molecule has 4 N–H and O–H groups in total. The van der Waals surface area contributed by atoms with Crippen LogP contribution in [0, 0.1) is 0 Å². The first-order valence-electron chi connectivity index (χ1n) is 9.63. The molecule has 3 aromatic rings. The zero-order valence-electron chi connectivity index (χ0n) is 15.6. The second kappa shape index (κ2) is 7.53. The van der Waals surface area contributed by atoms with Crippen molar-refractivity contribution in [2.45, 2.75) is 38.7 Å². The molecule has 4 rings (SSSR count). The third-order valence-electron chi connectivity index (χ3n) is 5.26. The van der Waals surface area contributed by atoms with Gasteiger partial charge in [-0.15, -0.1) is 0 Å². The molecular formula is C22H26N2O3. The molecule has 2 aromatic carbocycles. The predicted octanol–water partition coefficient (Wildman–Crippen LogP) is 4.30. The number of fused-ring (bicyclic) bond motifs is 3. The lowest BCUT2D eigenvalue weighted by molar-refractivity contribution is 0.200. The van der Waals surface area contributed by atoms with Crippen molar-refractivity contribution < 1.29 is 14.9 Å². The van der Waals surface area contributed by atoms with Crippen molar-refractivity contribution in [2.75, 3.05) is 18.5 Å². The molecule has 0 fully saturated rings. The molecule has 1 aliphatic rings. The molecule has 1 unspecified atom stereocenters. The fourth-order valence-corrected chi connectivity index (χ4v) is 3.91. The third-order valence-corrected chi connectivity index (χ3v) is 5.26. The number of phenolic OH excluding ortho intramolecular Hbond substituents is 1. The number of aliphatic hydroxyl groups excluding tert-OH is 1. The number of aromatic nitrogens is 1. The summed E-state index contributed by atoms with van der Waals surface area (Å²) < 4.78 is 5.80. The van der Waals surface area contributed by atoms with Gasteiger partial charge in [-0.2, -0.15) is 0 Å². The Kier molecular flexibility index (Phi) is 4.94. The van der Waals surface area contributed by atoms with Gasteiger partial charge in [0, 0.05) is 40.5 Å². The van der Waals surface area contributed by atoms with E-state index in [1.165, 1.54) is 24.1 Å². The van der Waals surface area contributed by atoms with E-state index in [4.69, 9.17) is 4.74 Å². The number of aliphatic hydroxyl groups is 1. The van der Waals surface area contributed by atoms with E-state index in [1.54, 1.807) is 6.92 Å². The molecule has 27 heavy (non-hydrogen) atoms. The minimum absolute atomic E-state index is 0.180. The number of nitrogens with one attached hydrogen (secondary N) is 2. The maximum atomic E-state index is 10.4. The summed E-state index contributed by atoms with van der Waals surface area (Å²) in [4.78, 5) is 3.49. The van der Waals surface area contributed by atoms with Gasteiger partial charge in [0.2, 0.25) is 0 Å². The average Bonchev–Trinajstić information content (AvgIpc) is 3.03. The Balaban J connectivity index is 1.43.